The molecule has 0 fully saturated rings. The van der Waals surface area contributed by atoms with Crippen LogP contribution in [0.5, 0.6) is 0 Å². The molecule has 0 atom stereocenters. The van der Waals surface area contributed by atoms with Crippen LogP contribution in [0.4, 0.5) is 0 Å². The van der Waals surface area contributed by atoms with Crippen molar-refractivity contribution in [3.8, 4) is 0 Å². The van der Waals surface area contributed by atoms with Gasteiger partial charge in [-0.15, -0.1) is 0 Å². The first kappa shape index (κ1) is 12.3. The predicted molar refractivity (Wildman–Crippen MR) is 73.6 cm³/mol. The standard InChI is InChI=1S/C13H13N5O2/c1-17-9(7-8-3-5-14-6-4-8)15-11-10(17)12(19)16-13(20)18(11)2/h3-6H,7H2,1-2H3,(H,16,19,20). The van der Waals surface area contributed by atoms with Gasteiger partial charge in [-0.05, 0) is 17.7 Å². The number of hydrogen-bond donors (Lipinski definition) is 1. The minimum Gasteiger partial charge on any atom is -0.325 e. The molecule has 0 radical (unpaired) electrons. The van der Waals surface area contributed by atoms with Crippen molar-refractivity contribution in [1.82, 2.24) is 24.1 Å². The number of imidazole rings is 1. The van der Waals surface area contributed by atoms with Gasteiger partial charge in [-0.25, -0.2) is 9.78 Å². The van der Waals surface area contributed by atoms with Crippen molar-refractivity contribution in [1.29, 1.82) is 0 Å². The molecule has 102 valence electrons. The molecule has 3 rings (SSSR count). The Bertz CT molecular complexity index is 889. The van der Waals surface area contributed by atoms with Gasteiger partial charge in [-0.1, -0.05) is 0 Å². The highest BCUT2D eigenvalue weighted by atomic mass is 16.2. The maximum atomic E-state index is 11.9. The highest BCUT2D eigenvalue weighted by molar-refractivity contribution is 5.70. The van der Waals surface area contributed by atoms with Crippen LogP contribution in [0.1, 0.15) is 11.4 Å². The number of aryl methyl sites for hydroxylation is 2. The molecule has 0 amide bonds. The molecule has 0 spiro atoms. The number of hydrogen-bond acceptors (Lipinski definition) is 4. The van der Waals surface area contributed by atoms with E-state index in [-0.39, 0.29) is 0 Å². The Hall–Kier alpha value is -2.70. The second-order valence-electron chi connectivity index (χ2n) is 4.61. The zero-order chi connectivity index (χ0) is 14.3. The fourth-order valence-corrected chi connectivity index (χ4v) is 2.19. The average Bonchev–Trinajstić information content (AvgIpc) is 2.75. The third-order valence-electron chi connectivity index (χ3n) is 3.34. The first-order valence-electron chi connectivity index (χ1n) is 6.11. The zero-order valence-corrected chi connectivity index (χ0v) is 11.1. The van der Waals surface area contributed by atoms with Crippen LogP contribution in [0.15, 0.2) is 34.1 Å². The first-order chi connectivity index (χ1) is 9.58. The van der Waals surface area contributed by atoms with Gasteiger partial charge >= 0.3 is 5.69 Å². The fourth-order valence-electron chi connectivity index (χ4n) is 2.19. The molecular weight excluding hydrogens is 258 g/mol. The second kappa shape index (κ2) is 4.44. The summed E-state index contributed by atoms with van der Waals surface area (Å²) in [7, 11) is 3.36. The lowest BCUT2D eigenvalue weighted by Gasteiger charge is -2.01. The van der Waals surface area contributed by atoms with E-state index in [1.165, 1.54) is 4.57 Å². The molecule has 1 N–H and O–H groups in total. The maximum Gasteiger partial charge on any atom is 0.329 e. The van der Waals surface area contributed by atoms with E-state index in [1.807, 2.05) is 12.1 Å². The van der Waals surface area contributed by atoms with Gasteiger partial charge in [0.2, 0.25) is 0 Å². The Morgan fingerprint density at radius 3 is 2.55 bits per heavy atom. The van der Waals surface area contributed by atoms with E-state index in [4.69, 9.17) is 0 Å². The summed E-state index contributed by atoms with van der Waals surface area (Å²) < 4.78 is 3.06. The van der Waals surface area contributed by atoms with Crippen molar-refractivity contribution in [3.05, 3.63) is 56.8 Å². The van der Waals surface area contributed by atoms with Crippen LogP contribution >= 0.6 is 0 Å². The molecule has 7 heteroatoms. The highest BCUT2D eigenvalue weighted by Crippen LogP contribution is 2.12. The fraction of sp³-hybridized carbons (Fsp3) is 0.231. The molecule has 0 aliphatic heterocycles. The molecule has 0 saturated heterocycles. The van der Waals surface area contributed by atoms with E-state index in [0.29, 0.717) is 17.6 Å². The van der Waals surface area contributed by atoms with Gasteiger partial charge in [0.15, 0.2) is 11.2 Å². The number of pyridine rings is 1. The lowest BCUT2D eigenvalue weighted by Crippen LogP contribution is -2.29. The molecule has 0 aliphatic carbocycles. The van der Waals surface area contributed by atoms with Crippen molar-refractivity contribution >= 4 is 11.2 Å². The Balaban J connectivity index is 2.21. The predicted octanol–water partition coefficient (Wildman–Crippen LogP) is -0.0539. The van der Waals surface area contributed by atoms with Crippen LogP contribution < -0.4 is 11.2 Å². The number of aromatic nitrogens is 5. The van der Waals surface area contributed by atoms with Gasteiger partial charge in [0, 0.05) is 32.9 Å². The molecule has 0 bridgehead atoms. The van der Waals surface area contributed by atoms with Crippen LogP contribution in [0.25, 0.3) is 11.2 Å². The van der Waals surface area contributed by atoms with Crippen LogP contribution in [-0.2, 0) is 20.5 Å². The number of nitrogens with zero attached hydrogens (tertiary/aromatic N) is 4. The summed E-state index contributed by atoms with van der Waals surface area (Å²) in [4.78, 5) is 34.1. The number of rotatable bonds is 2. The Labute approximate surface area is 113 Å². The summed E-state index contributed by atoms with van der Waals surface area (Å²) in [6, 6.07) is 3.78. The molecule has 0 aliphatic rings. The minimum absolute atomic E-state index is 0.394. The quantitative estimate of drug-likeness (QED) is 0.708. The van der Waals surface area contributed by atoms with Crippen LogP contribution in [0.3, 0.4) is 0 Å². The van der Waals surface area contributed by atoms with E-state index in [2.05, 4.69) is 15.0 Å². The van der Waals surface area contributed by atoms with E-state index < -0.39 is 11.2 Å². The lowest BCUT2D eigenvalue weighted by atomic mass is 10.2. The Kier molecular flexibility index (Phi) is 2.74. The molecule has 3 heterocycles. The summed E-state index contributed by atoms with van der Waals surface area (Å²) in [6.07, 6.45) is 3.99. The molecule has 0 aromatic carbocycles. The maximum absolute atomic E-state index is 11.9. The van der Waals surface area contributed by atoms with Crippen LogP contribution in [0, 0.1) is 0 Å². The van der Waals surface area contributed by atoms with Crippen LogP contribution in [0.2, 0.25) is 0 Å². The summed E-state index contributed by atoms with van der Waals surface area (Å²) in [5.74, 6) is 0.720. The van der Waals surface area contributed by atoms with Crippen molar-refractivity contribution in [3.63, 3.8) is 0 Å². The van der Waals surface area contributed by atoms with E-state index in [9.17, 15) is 9.59 Å². The van der Waals surface area contributed by atoms with E-state index in [0.717, 1.165) is 11.4 Å². The van der Waals surface area contributed by atoms with Crippen molar-refractivity contribution in [2.24, 2.45) is 14.1 Å². The average molecular weight is 271 g/mol. The number of aromatic amines is 1. The smallest absolute Gasteiger partial charge is 0.325 e. The van der Waals surface area contributed by atoms with Gasteiger partial charge in [-0.3, -0.25) is 19.3 Å². The summed E-state index contributed by atoms with van der Waals surface area (Å²) >= 11 is 0. The zero-order valence-electron chi connectivity index (χ0n) is 11.1. The normalized spacial score (nSPS) is 11.1. The second-order valence-corrected chi connectivity index (χ2v) is 4.61. The topological polar surface area (TPSA) is 85.6 Å². The molecule has 20 heavy (non-hydrogen) atoms. The summed E-state index contributed by atoms with van der Waals surface area (Å²) in [5, 5.41) is 0. The number of fused-ring (bicyclic) bond motifs is 1. The largest absolute Gasteiger partial charge is 0.329 e. The van der Waals surface area contributed by atoms with Gasteiger partial charge in [0.05, 0.1) is 0 Å². The van der Waals surface area contributed by atoms with Gasteiger partial charge in [0.25, 0.3) is 5.56 Å². The third-order valence-corrected chi connectivity index (χ3v) is 3.34. The minimum atomic E-state index is -0.462. The molecular formula is C13H13N5O2. The summed E-state index contributed by atoms with van der Waals surface area (Å²) in [5.41, 5.74) is 0.955. The van der Waals surface area contributed by atoms with Crippen molar-refractivity contribution < 1.29 is 0 Å². The van der Waals surface area contributed by atoms with Crippen molar-refractivity contribution in [2.75, 3.05) is 0 Å². The van der Waals surface area contributed by atoms with E-state index >= 15 is 0 Å². The molecule has 7 nitrogen and oxygen atoms in total. The highest BCUT2D eigenvalue weighted by Gasteiger charge is 2.14. The third kappa shape index (κ3) is 1.83. The SMILES string of the molecule is Cn1c(Cc2ccncc2)nc2c1c(=O)[nH]c(=O)n2C. The first-order valence-corrected chi connectivity index (χ1v) is 6.11. The van der Waals surface area contributed by atoms with Gasteiger partial charge < -0.3 is 4.57 Å². The van der Waals surface area contributed by atoms with Gasteiger partial charge in [0.1, 0.15) is 5.82 Å². The van der Waals surface area contributed by atoms with Crippen molar-refractivity contribution in [2.45, 2.75) is 6.42 Å². The molecule has 0 unspecified atom stereocenters. The number of H-pyrrole nitrogens is 1. The molecule has 0 saturated carbocycles. The van der Waals surface area contributed by atoms with E-state index in [1.54, 1.807) is 31.1 Å². The van der Waals surface area contributed by atoms with Crippen LogP contribution in [-0.4, -0.2) is 24.1 Å². The monoisotopic (exact) mass is 271 g/mol. The summed E-state index contributed by atoms with van der Waals surface area (Å²) in [6.45, 7) is 0. The number of nitrogens with one attached hydrogen (secondary N) is 1. The molecule has 3 aromatic heterocycles. The Morgan fingerprint density at radius 2 is 1.85 bits per heavy atom. The Morgan fingerprint density at radius 1 is 1.15 bits per heavy atom. The lowest BCUT2D eigenvalue weighted by molar-refractivity contribution is 0.828. The van der Waals surface area contributed by atoms with Gasteiger partial charge in [-0.2, -0.15) is 0 Å². The molecule has 3 aromatic rings.